The molecule has 0 amide bonds. The van der Waals surface area contributed by atoms with Gasteiger partial charge in [-0.2, -0.15) is 0 Å². The maximum atomic E-state index is 11.2. The molecule has 0 bridgehead atoms. The van der Waals surface area contributed by atoms with Gasteiger partial charge < -0.3 is 9.84 Å². The third kappa shape index (κ3) is 3.14. The summed E-state index contributed by atoms with van der Waals surface area (Å²) in [5, 5.41) is 10.1. The van der Waals surface area contributed by atoms with Gasteiger partial charge in [0.2, 0.25) is 0 Å². The van der Waals surface area contributed by atoms with Crippen molar-refractivity contribution in [1.82, 2.24) is 0 Å². The number of hydrogen-bond donors (Lipinski definition) is 1. The molecule has 0 atom stereocenters. The van der Waals surface area contributed by atoms with Crippen LogP contribution < -0.4 is 4.74 Å². The molecule has 2 aromatic rings. The summed E-state index contributed by atoms with van der Waals surface area (Å²) >= 11 is 12.5. The number of hydrogen-bond acceptors (Lipinski definition) is 2. The number of carbonyl (C=O) groups is 1. The molecule has 0 unspecified atom stereocenters. The summed E-state index contributed by atoms with van der Waals surface area (Å²) in [4.78, 5) is 11.2. The highest BCUT2D eigenvalue weighted by Gasteiger charge is 2.15. The Morgan fingerprint density at radius 2 is 1.90 bits per heavy atom. The van der Waals surface area contributed by atoms with E-state index in [2.05, 4.69) is 0 Å². The zero-order valence-corrected chi connectivity index (χ0v) is 13.1. The molecule has 5 heteroatoms. The van der Waals surface area contributed by atoms with Gasteiger partial charge in [-0.1, -0.05) is 35.3 Å². The van der Waals surface area contributed by atoms with E-state index in [9.17, 15) is 9.90 Å². The number of ether oxygens (including phenoxy) is 1. The van der Waals surface area contributed by atoms with Gasteiger partial charge in [0.1, 0.15) is 5.75 Å². The Labute approximate surface area is 133 Å². The predicted molar refractivity (Wildman–Crippen MR) is 84.8 cm³/mol. The first-order valence-electron chi connectivity index (χ1n) is 6.40. The Hall–Kier alpha value is -1.71. The van der Waals surface area contributed by atoms with Crippen LogP contribution in [0, 0.1) is 6.92 Å². The number of rotatable bonds is 4. The van der Waals surface area contributed by atoms with Crippen molar-refractivity contribution in [1.29, 1.82) is 0 Å². The fraction of sp³-hybridized carbons (Fsp3) is 0.188. The first-order chi connectivity index (χ1) is 9.95. The molecule has 0 aliphatic heterocycles. The van der Waals surface area contributed by atoms with Crippen LogP contribution in [0.25, 0.3) is 11.1 Å². The van der Waals surface area contributed by atoms with Crippen LogP contribution in [0.3, 0.4) is 0 Å². The number of benzene rings is 2. The fourth-order valence-electron chi connectivity index (χ4n) is 2.16. The summed E-state index contributed by atoms with van der Waals surface area (Å²) in [5.41, 5.74) is 2.32. The van der Waals surface area contributed by atoms with Crippen LogP contribution in [0.15, 0.2) is 30.3 Å². The van der Waals surface area contributed by atoms with Crippen LogP contribution in [0.4, 0.5) is 0 Å². The zero-order valence-electron chi connectivity index (χ0n) is 11.6. The van der Waals surface area contributed by atoms with Crippen LogP contribution in [-0.2, 0) is 0 Å². The van der Waals surface area contributed by atoms with Crippen molar-refractivity contribution >= 4 is 29.2 Å². The normalized spacial score (nSPS) is 10.5. The first kappa shape index (κ1) is 15.7. The van der Waals surface area contributed by atoms with Gasteiger partial charge in [-0.25, -0.2) is 4.79 Å². The number of halogens is 2. The molecule has 0 radical (unpaired) electrons. The summed E-state index contributed by atoms with van der Waals surface area (Å²) < 4.78 is 5.39. The van der Waals surface area contributed by atoms with Crippen molar-refractivity contribution in [2.75, 3.05) is 6.61 Å². The quantitative estimate of drug-likeness (QED) is 0.854. The number of aromatic carboxylic acids is 1. The van der Waals surface area contributed by atoms with E-state index in [1.54, 1.807) is 31.2 Å². The van der Waals surface area contributed by atoms with Crippen LogP contribution in [0.1, 0.15) is 22.8 Å². The molecule has 3 nitrogen and oxygen atoms in total. The van der Waals surface area contributed by atoms with Crippen molar-refractivity contribution < 1.29 is 14.6 Å². The summed E-state index contributed by atoms with van der Waals surface area (Å²) in [6.45, 7) is 4.10. The highest BCUT2D eigenvalue weighted by atomic mass is 35.5. The van der Waals surface area contributed by atoms with Crippen LogP contribution in [0.5, 0.6) is 5.75 Å². The smallest absolute Gasteiger partial charge is 0.335 e. The Morgan fingerprint density at radius 1 is 1.19 bits per heavy atom. The van der Waals surface area contributed by atoms with Crippen LogP contribution >= 0.6 is 23.2 Å². The van der Waals surface area contributed by atoms with E-state index in [-0.39, 0.29) is 5.56 Å². The molecule has 0 saturated carbocycles. The summed E-state index contributed by atoms with van der Waals surface area (Å²) in [6.07, 6.45) is 0. The summed E-state index contributed by atoms with van der Waals surface area (Å²) in [7, 11) is 0. The van der Waals surface area contributed by atoms with E-state index in [1.807, 2.05) is 13.0 Å². The van der Waals surface area contributed by atoms with Crippen molar-refractivity contribution in [3.8, 4) is 16.9 Å². The lowest BCUT2D eigenvalue weighted by Crippen LogP contribution is -2.01. The molecular formula is C16H14Cl2O3. The molecule has 2 rings (SSSR count). The van der Waals surface area contributed by atoms with Gasteiger partial charge in [0, 0.05) is 11.6 Å². The van der Waals surface area contributed by atoms with E-state index in [0.717, 1.165) is 5.56 Å². The molecule has 0 fully saturated rings. The van der Waals surface area contributed by atoms with Gasteiger partial charge in [0.25, 0.3) is 0 Å². The van der Waals surface area contributed by atoms with Gasteiger partial charge in [0.05, 0.1) is 22.2 Å². The molecule has 0 heterocycles. The van der Waals surface area contributed by atoms with E-state index < -0.39 is 5.97 Å². The standard InChI is InChI=1S/C16H14Cl2O3/c1-3-21-15-8-13(17)12(7-14(15)18)10-5-4-6-11(9(10)2)16(19)20/h4-8H,3H2,1-2H3,(H,19,20). The van der Waals surface area contributed by atoms with Crippen molar-refractivity contribution in [2.24, 2.45) is 0 Å². The molecule has 0 saturated heterocycles. The average Bonchev–Trinajstić information content (AvgIpc) is 2.43. The van der Waals surface area contributed by atoms with Crippen LogP contribution in [0.2, 0.25) is 10.0 Å². The van der Waals surface area contributed by atoms with Crippen molar-refractivity contribution in [3.63, 3.8) is 0 Å². The predicted octanol–water partition coefficient (Wildman–Crippen LogP) is 5.07. The van der Waals surface area contributed by atoms with E-state index in [4.69, 9.17) is 27.9 Å². The SMILES string of the molecule is CCOc1cc(Cl)c(-c2cccc(C(=O)O)c2C)cc1Cl. The molecule has 1 N–H and O–H groups in total. The van der Waals surface area contributed by atoms with Gasteiger partial charge in [0.15, 0.2) is 0 Å². The fourth-order valence-corrected chi connectivity index (χ4v) is 2.63. The van der Waals surface area contributed by atoms with Crippen molar-refractivity contribution in [2.45, 2.75) is 13.8 Å². The van der Waals surface area contributed by atoms with E-state index in [1.165, 1.54) is 0 Å². The van der Waals surface area contributed by atoms with E-state index in [0.29, 0.717) is 33.5 Å². The molecule has 2 aromatic carbocycles. The zero-order chi connectivity index (χ0) is 15.6. The Kier molecular flexibility index (Phi) is 4.76. The second-order valence-electron chi connectivity index (χ2n) is 4.48. The minimum Gasteiger partial charge on any atom is -0.492 e. The molecule has 110 valence electrons. The Morgan fingerprint density at radius 3 is 2.52 bits per heavy atom. The van der Waals surface area contributed by atoms with Gasteiger partial charge in [-0.05, 0) is 37.1 Å². The average molecular weight is 325 g/mol. The molecular weight excluding hydrogens is 311 g/mol. The highest BCUT2D eigenvalue weighted by molar-refractivity contribution is 6.36. The lowest BCUT2D eigenvalue weighted by molar-refractivity contribution is 0.0696. The monoisotopic (exact) mass is 324 g/mol. The van der Waals surface area contributed by atoms with Crippen LogP contribution in [-0.4, -0.2) is 17.7 Å². The lowest BCUT2D eigenvalue weighted by atomic mass is 9.96. The third-order valence-corrected chi connectivity index (χ3v) is 3.78. The lowest BCUT2D eigenvalue weighted by Gasteiger charge is -2.13. The summed E-state index contributed by atoms with van der Waals surface area (Å²) in [5.74, 6) is -0.456. The van der Waals surface area contributed by atoms with Gasteiger partial charge in [-0.3, -0.25) is 0 Å². The van der Waals surface area contributed by atoms with Gasteiger partial charge in [-0.15, -0.1) is 0 Å². The molecule has 0 spiro atoms. The number of carboxylic acid groups (broad SMARTS) is 1. The minimum atomic E-state index is -0.970. The van der Waals surface area contributed by atoms with Crippen molar-refractivity contribution in [3.05, 3.63) is 51.5 Å². The second kappa shape index (κ2) is 6.37. The maximum Gasteiger partial charge on any atom is 0.335 e. The molecule has 21 heavy (non-hydrogen) atoms. The molecule has 0 aliphatic carbocycles. The Balaban J connectivity index is 2.60. The molecule has 0 aromatic heterocycles. The topological polar surface area (TPSA) is 46.5 Å². The highest BCUT2D eigenvalue weighted by Crippen LogP contribution is 2.38. The van der Waals surface area contributed by atoms with E-state index >= 15 is 0 Å². The Bertz CT molecular complexity index is 696. The molecule has 0 aliphatic rings. The number of carboxylic acids is 1. The largest absolute Gasteiger partial charge is 0.492 e. The third-order valence-electron chi connectivity index (χ3n) is 3.18. The first-order valence-corrected chi connectivity index (χ1v) is 7.16. The minimum absolute atomic E-state index is 0.244. The second-order valence-corrected chi connectivity index (χ2v) is 5.29. The van der Waals surface area contributed by atoms with Gasteiger partial charge >= 0.3 is 5.97 Å². The summed E-state index contributed by atoms with van der Waals surface area (Å²) in [6, 6.07) is 8.41. The maximum absolute atomic E-state index is 11.2.